The SMILES string of the molecule is CCC(CN)S(=O)(=O)NC(C)(C)C(N)=O. The lowest BCUT2D eigenvalue weighted by atomic mass is 10.1. The minimum Gasteiger partial charge on any atom is -0.368 e. The van der Waals surface area contributed by atoms with E-state index in [-0.39, 0.29) is 6.54 Å². The maximum Gasteiger partial charge on any atom is 0.238 e. The molecule has 1 atom stereocenters. The van der Waals surface area contributed by atoms with Crippen molar-refractivity contribution >= 4 is 15.9 Å². The number of hydrogen-bond donors (Lipinski definition) is 3. The minimum atomic E-state index is -3.60. The highest BCUT2D eigenvalue weighted by Crippen LogP contribution is 2.09. The molecule has 0 saturated carbocycles. The standard InChI is InChI=1S/C8H19N3O3S/c1-4-6(5-9)15(13,14)11-8(2,3)7(10)12/h6,11H,4-5,9H2,1-3H3,(H2,10,12). The zero-order valence-corrected chi connectivity index (χ0v) is 10.1. The van der Waals surface area contributed by atoms with Crippen LogP contribution >= 0.6 is 0 Å². The number of nitrogens with two attached hydrogens (primary N) is 2. The van der Waals surface area contributed by atoms with E-state index in [0.29, 0.717) is 6.42 Å². The topological polar surface area (TPSA) is 115 Å². The van der Waals surface area contributed by atoms with Crippen molar-refractivity contribution in [2.75, 3.05) is 6.54 Å². The van der Waals surface area contributed by atoms with Crippen LogP contribution in [0, 0.1) is 0 Å². The van der Waals surface area contributed by atoms with Crippen molar-refractivity contribution in [3.8, 4) is 0 Å². The summed E-state index contributed by atoms with van der Waals surface area (Å²) in [5, 5.41) is -0.698. The van der Waals surface area contributed by atoms with Gasteiger partial charge in [0.15, 0.2) is 0 Å². The second-order valence-electron chi connectivity index (χ2n) is 3.90. The smallest absolute Gasteiger partial charge is 0.238 e. The van der Waals surface area contributed by atoms with Crippen LogP contribution < -0.4 is 16.2 Å². The fraction of sp³-hybridized carbons (Fsp3) is 0.875. The van der Waals surface area contributed by atoms with Crippen molar-refractivity contribution in [1.82, 2.24) is 4.72 Å². The van der Waals surface area contributed by atoms with Crippen LogP contribution in [0.3, 0.4) is 0 Å². The lowest BCUT2D eigenvalue weighted by molar-refractivity contribution is -0.122. The summed E-state index contributed by atoms with van der Waals surface area (Å²) in [5.41, 5.74) is 9.10. The van der Waals surface area contributed by atoms with E-state index >= 15 is 0 Å². The zero-order chi connectivity index (χ0) is 12.3. The Hall–Kier alpha value is -0.660. The molecule has 90 valence electrons. The Morgan fingerprint density at radius 2 is 1.93 bits per heavy atom. The molecule has 0 spiro atoms. The molecule has 0 aliphatic carbocycles. The quantitative estimate of drug-likeness (QED) is 0.544. The molecule has 0 fully saturated rings. The van der Waals surface area contributed by atoms with Crippen LogP contribution in [0.4, 0.5) is 0 Å². The van der Waals surface area contributed by atoms with Gasteiger partial charge in [0, 0.05) is 6.54 Å². The van der Waals surface area contributed by atoms with Crippen LogP contribution in [-0.4, -0.2) is 31.7 Å². The average molecular weight is 237 g/mol. The maximum absolute atomic E-state index is 11.7. The van der Waals surface area contributed by atoms with E-state index < -0.39 is 26.7 Å². The van der Waals surface area contributed by atoms with Crippen molar-refractivity contribution in [2.45, 2.75) is 38.0 Å². The molecule has 0 aromatic heterocycles. The van der Waals surface area contributed by atoms with Crippen molar-refractivity contribution in [2.24, 2.45) is 11.5 Å². The van der Waals surface area contributed by atoms with Gasteiger partial charge in [0.2, 0.25) is 15.9 Å². The summed E-state index contributed by atoms with van der Waals surface area (Å²) in [7, 11) is -3.60. The number of hydrogen-bond acceptors (Lipinski definition) is 4. The molecule has 1 amide bonds. The summed E-state index contributed by atoms with van der Waals surface area (Å²) in [6.07, 6.45) is 0.390. The summed E-state index contributed by atoms with van der Waals surface area (Å²) in [4.78, 5) is 11.0. The Balaban J connectivity index is 4.86. The number of carbonyl (C=O) groups excluding carboxylic acids is 1. The summed E-state index contributed by atoms with van der Waals surface area (Å²) in [5.74, 6) is -0.724. The van der Waals surface area contributed by atoms with Crippen LogP contribution in [0.2, 0.25) is 0 Å². The molecular formula is C8H19N3O3S. The second kappa shape index (κ2) is 4.91. The maximum atomic E-state index is 11.7. The highest BCUT2D eigenvalue weighted by molar-refractivity contribution is 7.90. The fourth-order valence-electron chi connectivity index (χ4n) is 1.00. The van der Waals surface area contributed by atoms with Gasteiger partial charge in [0.05, 0.1) is 5.25 Å². The van der Waals surface area contributed by atoms with Crippen LogP contribution in [0.15, 0.2) is 0 Å². The van der Waals surface area contributed by atoms with Gasteiger partial charge in [0.1, 0.15) is 5.54 Å². The molecule has 0 aliphatic rings. The van der Waals surface area contributed by atoms with E-state index in [2.05, 4.69) is 4.72 Å². The van der Waals surface area contributed by atoms with Crippen LogP contribution in [0.5, 0.6) is 0 Å². The summed E-state index contributed by atoms with van der Waals surface area (Å²) < 4.78 is 25.7. The van der Waals surface area contributed by atoms with Gasteiger partial charge in [-0.25, -0.2) is 8.42 Å². The summed E-state index contributed by atoms with van der Waals surface area (Å²) >= 11 is 0. The Labute approximate surface area is 90.4 Å². The highest BCUT2D eigenvalue weighted by Gasteiger charge is 2.33. The average Bonchev–Trinajstić information content (AvgIpc) is 2.03. The van der Waals surface area contributed by atoms with E-state index in [9.17, 15) is 13.2 Å². The molecule has 0 radical (unpaired) electrons. The van der Waals surface area contributed by atoms with Crippen LogP contribution in [0.1, 0.15) is 27.2 Å². The molecule has 5 N–H and O–H groups in total. The van der Waals surface area contributed by atoms with Gasteiger partial charge >= 0.3 is 0 Å². The molecule has 15 heavy (non-hydrogen) atoms. The highest BCUT2D eigenvalue weighted by atomic mass is 32.2. The third-order valence-corrected chi connectivity index (χ3v) is 4.37. The largest absolute Gasteiger partial charge is 0.368 e. The van der Waals surface area contributed by atoms with Gasteiger partial charge < -0.3 is 11.5 Å². The van der Waals surface area contributed by atoms with Gasteiger partial charge in [0.25, 0.3) is 0 Å². The molecule has 0 rings (SSSR count). The Morgan fingerprint density at radius 3 is 2.20 bits per heavy atom. The van der Waals surface area contributed by atoms with Gasteiger partial charge in [-0.15, -0.1) is 0 Å². The molecular weight excluding hydrogens is 218 g/mol. The molecule has 6 nitrogen and oxygen atoms in total. The van der Waals surface area contributed by atoms with Gasteiger partial charge in [-0.3, -0.25) is 4.79 Å². The summed E-state index contributed by atoms with van der Waals surface area (Å²) in [6.45, 7) is 4.56. The Kier molecular flexibility index (Phi) is 4.69. The van der Waals surface area contributed by atoms with E-state index in [1.807, 2.05) is 0 Å². The molecule has 0 aromatic carbocycles. The predicted octanol–water partition coefficient (Wildman–Crippen LogP) is -1.09. The molecule has 1 unspecified atom stereocenters. The third-order valence-electron chi connectivity index (χ3n) is 2.17. The second-order valence-corrected chi connectivity index (χ2v) is 5.86. The number of rotatable bonds is 6. The minimum absolute atomic E-state index is 0.0146. The molecule has 0 bridgehead atoms. The van der Waals surface area contributed by atoms with E-state index in [0.717, 1.165) is 0 Å². The van der Waals surface area contributed by atoms with Gasteiger partial charge in [-0.1, -0.05) is 6.92 Å². The molecule has 0 aromatic rings. The first-order valence-corrected chi connectivity index (χ1v) is 6.24. The first kappa shape index (κ1) is 14.3. The van der Waals surface area contributed by atoms with Crippen molar-refractivity contribution in [1.29, 1.82) is 0 Å². The number of carbonyl (C=O) groups is 1. The normalized spacial score (nSPS) is 14.9. The van der Waals surface area contributed by atoms with E-state index in [1.54, 1.807) is 6.92 Å². The first-order chi connectivity index (χ1) is 6.67. The monoisotopic (exact) mass is 237 g/mol. The van der Waals surface area contributed by atoms with Crippen molar-refractivity contribution < 1.29 is 13.2 Å². The van der Waals surface area contributed by atoms with E-state index in [4.69, 9.17) is 11.5 Å². The first-order valence-electron chi connectivity index (χ1n) is 4.70. The molecule has 0 heterocycles. The molecule has 0 saturated heterocycles. The number of primary amides is 1. The number of nitrogens with one attached hydrogen (secondary N) is 1. The number of sulfonamides is 1. The molecule has 0 aliphatic heterocycles. The Morgan fingerprint density at radius 1 is 1.47 bits per heavy atom. The van der Waals surface area contributed by atoms with Crippen molar-refractivity contribution in [3.63, 3.8) is 0 Å². The van der Waals surface area contributed by atoms with E-state index in [1.165, 1.54) is 13.8 Å². The Bertz CT molecular complexity index is 320. The predicted molar refractivity (Wildman–Crippen MR) is 58.5 cm³/mol. The zero-order valence-electron chi connectivity index (χ0n) is 9.28. The van der Waals surface area contributed by atoms with Crippen molar-refractivity contribution in [3.05, 3.63) is 0 Å². The third kappa shape index (κ3) is 3.77. The van der Waals surface area contributed by atoms with Crippen LogP contribution in [0.25, 0.3) is 0 Å². The fourth-order valence-corrected chi connectivity index (χ4v) is 2.67. The van der Waals surface area contributed by atoms with Gasteiger partial charge in [-0.2, -0.15) is 4.72 Å². The number of amides is 1. The summed E-state index contributed by atoms with van der Waals surface area (Å²) in [6, 6.07) is 0. The van der Waals surface area contributed by atoms with Crippen LogP contribution in [-0.2, 0) is 14.8 Å². The molecule has 7 heteroatoms. The van der Waals surface area contributed by atoms with Gasteiger partial charge in [-0.05, 0) is 20.3 Å². The lowest BCUT2D eigenvalue weighted by Gasteiger charge is -2.25. The lowest BCUT2D eigenvalue weighted by Crippen LogP contribution is -2.55.